The van der Waals surface area contributed by atoms with Gasteiger partial charge < -0.3 is 14.7 Å². The summed E-state index contributed by atoms with van der Waals surface area (Å²) in [4.78, 5) is 2.43. The summed E-state index contributed by atoms with van der Waals surface area (Å²) >= 11 is 0. The minimum absolute atomic E-state index is 0.354. The summed E-state index contributed by atoms with van der Waals surface area (Å²) in [5, 5.41) is 10.2. The van der Waals surface area contributed by atoms with Gasteiger partial charge in [0.1, 0.15) is 0 Å². The predicted molar refractivity (Wildman–Crippen MR) is 81.7 cm³/mol. The van der Waals surface area contributed by atoms with Gasteiger partial charge in [0.15, 0.2) is 0 Å². The lowest BCUT2D eigenvalue weighted by Crippen LogP contribution is -2.40. The zero-order chi connectivity index (χ0) is 14.2. The number of likely N-dealkylation sites (tertiary alicyclic amines) is 1. The monoisotopic (exact) mass is 277 g/mol. The molecule has 1 aromatic rings. The Morgan fingerprint density at radius 2 is 2.15 bits per heavy atom. The van der Waals surface area contributed by atoms with Crippen LogP contribution in [0, 0.1) is 0 Å². The maximum atomic E-state index is 10.2. The molecular formula is C17H27NO2. The number of hydrogen-bond donors (Lipinski definition) is 1. The number of piperidine rings is 1. The molecule has 1 saturated heterocycles. The summed E-state index contributed by atoms with van der Waals surface area (Å²) in [5.74, 6) is 0. The molecule has 2 rings (SSSR count). The minimum Gasteiger partial charge on any atom is -0.388 e. The Balaban J connectivity index is 1.73. The first-order chi connectivity index (χ1) is 9.79. The van der Waals surface area contributed by atoms with Crippen LogP contribution >= 0.6 is 0 Å². The molecule has 1 heterocycles. The van der Waals surface area contributed by atoms with Gasteiger partial charge in [-0.2, -0.15) is 0 Å². The fourth-order valence-corrected chi connectivity index (χ4v) is 2.78. The van der Waals surface area contributed by atoms with Crippen LogP contribution in [0.5, 0.6) is 0 Å². The molecule has 3 heteroatoms. The van der Waals surface area contributed by atoms with Crippen molar-refractivity contribution in [1.29, 1.82) is 0 Å². The third kappa shape index (κ3) is 4.89. The van der Waals surface area contributed by atoms with E-state index in [1.165, 1.54) is 12.8 Å². The largest absolute Gasteiger partial charge is 0.388 e. The van der Waals surface area contributed by atoms with Crippen molar-refractivity contribution in [3.63, 3.8) is 0 Å². The lowest BCUT2D eigenvalue weighted by Gasteiger charge is -2.33. The fourth-order valence-electron chi connectivity index (χ4n) is 2.78. The van der Waals surface area contributed by atoms with Crippen molar-refractivity contribution in [3.05, 3.63) is 35.9 Å². The molecule has 0 aliphatic carbocycles. The lowest BCUT2D eigenvalue weighted by molar-refractivity contribution is -0.00347. The summed E-state index contributed by atoms with van der Waals surface area (Å²) in [6, 6.07) is 9.93. The first-order valence-corrected chi connectivity index (χ1v) is 7.86. The molecule has 0 amide bonds. The molecule has 112 valence electrons. The second kappa shape index (κ2) is 8.40. The Bertz CT molecular complexity index is 369. The molecule has 1 aliphatic rings. The van der Waals surface area contributed by atoms with Gasteiger partial charge in [-0.25, -0.2) is 0 Å². The van der Waals surface area contributed by atoms with E-state index in [9.17, 15) is 5.11 Å². The third-order valence-electron chi connectivity index (χ3n) is 3.92. The van der Waals surface area contributed by atoms with Crippen LogP contribution in [0.25, 0.3) is 0 Å². The highest BCUT2D eigenvalue weighted by atomic mass is 16.5. The van der Waals surface area contributed by atoms with E-state index >= 15 is 0 Å². The highest BCUT2D eigenvalue weighted by Gasteiger charge is 2.20. The van der Waals surface area contributed by atoms with Crippen LogP contribution in [0.1, 0.15) is 44.3 Å². The van der Waals surface area contributed by atoms with Gasteiger partial charge in [0.05, 0.1) is 12.2 Å². The zero-order valence-corrected chi connectivity index (χ0v) is 12.5. The van der Waals surface area contributed by atoms with Crippen LogP contribution in [0.3, 0.4) is 0 Å². The van der Waals surface area contributed by atoms with Gasteiger partial charge in [0, 0.05) is 19.7 Å². The van der Waals surface area contributed by atoms with Crippen LogP contribution < -0.4 is 0 Å². The average Bonchev–Trinajstić information content (AvgIpc) is 2.52. The van der Waals surface area contributed by atoms with Crippen molar-refractivity contribution in [2.75, 3.05) is 26.2 Å². The highest BCUT2D eigenvalue weighted by molar-refractivity contribution is 5.17. The Kier molecular flexibility index (Phi) is 6.51. The van der Waals surface area contributed by atoms with Gasteiger partial charge >= 0.3 is 0 Å². The third-order valence-corrected chi connectivity index (χ3v) is 3.92. The number of nitrogens with zero attached hydrogens (tertiary/aromatic N) is 1. The fraction of sp³-hybridized carbons (Fsp3) is 0.647. The first kappa shape index (κ1) is 15.5. The summed E-state index contributed by atoms with van der Waals surface area (Å²) < 4.78 is 5.85. The molecule has 20 heavy (non-hydrogen) atoms. The predicted octanol–water partition coefficient (Wildman–Crippen LogP) is 3.00. The standard InChI is InChI=1S/C17H27NO2/c1-2-13-20-16-9-6-11-18(14-16)12-10-17(19)15-7-4-3-5-8-15/h3-5,7-8,16-17,19H,2,6,9-14H2,1H3. The summed E-state index contributed by atoms with van der Waals surface area (Å²) in [6.07, 6.45) is 4.30. The van der Waals surface area contributed by atoms with Gasteiger partial charge in [0.25, 0.3) is 0 Å². The zero-order valence-electron chi connectivity index (χ0n) is 12.5. The molecule has 1 N–H and O–H groups in total. The highest BCUT2D eigenvalue weighted by Crippen LogP contribution is 2.19. The van der Waals surface area contributed by atoms with E-state index in [4.69, 9.17) is 4.74 Å². The van der Waals surface area contributed by atoms with E-state index in [2.05, 4.69) is 11.8 Å². The van der Waals surface area contributed by atoms with Crippen LogP contribution in [0.4, 0.5) is 0 Å². The Morgan fingerprint density at radius 3 is 2.90 bits per heavy atom. The molecule has 1 fully saturated rings. The minimum atomic E-state index is -0.354. The smallest absolute Gasteiger partial charge is 0.0802 e. The van der Waals surface area contributed by atoms with Gasteiger partial charge in [-0.15, -0.1) is 0 Å². The van der Waals surface area contributed by atoms with E-state index in [1.54, 1.807) is 0 Å². The van der Waals surface area contributed by atoms with Crippen molar-refractivity contribution in [1.82, 2.24) is 4.90 Å². The number of benzene rings is 1. The van der Waals surface area contributed by atoms with E-state index < -0.39 is 0 Å². The SMILES string of the molecule is CCCOC1CCCN(CCC(O)c2ccccc2)C1. The average molecular weight is 277 g/mol. The van der Waals surface area contributed by atoms with Gasteiger partial charge in [-0.05, 0) is 37.8 Å². The maximum Gasteiger partial charge on any atom is 0.0802 e. The topological polar surface area (TPSA) is 32.7 Å². The molecule has 0 aromatic heterocycles. The number of aliphatic hydroxyl groups is 1. The Labute approximate surface area is 122 Å². The first-order valence-electron chi connectivity index (χ1n) is 7.86. The van der Waals surface area contributed by atoms with Crippen LogP contribution in [0.2, 0.25) is 0 Å². The second-order valence-corrected chi connectivity index (χ2v) is 5.65. The number of ether oxygens (including phenoxy) is 1. The second-order valence-electron chi connectivity index (χ2n) is 5.65. The Hall–Kier alpha value is -0.900. The van der Waals surface area contributed by atoms with Crippen LogP contribution in [0.15, 0.2) is 30.3 Å². The van der Waals surface area contributed by atoms with Gasteiger partial charge in [-0.3, -0.25) is 0 Å². The molecule has 0 saturated carbocycles. The van der Waals surface area contributed by atoms with Crippen LogP contribution in [-0.2, 0) is 4.74 Å². The van der Waals surface area contributed by atoms with Crippen LogP contribution in [-0.4, -0.2) is 42.4 Å². The van der Waals surface area contributed by atoms with E-state index in [0.717, 1.165) is 44.6 Å². The summed E-state index contributed by atoms with van der Waals surface area (Å²) in [5.41, 5.74) is 1.02. The van der Waals surface area contributed by atoms with Gasteiger partial charge in [-0.1, -0.05) is 37.3 Å². The molecule has 0 spiro atoms. The van der Waals surface area contributed by atoms with E-state index in [0.29, 0.717) is 6.10 Å². The molecule has 0 bridgehead atoms. The van der Waals surface area contributed by atoms with Crippen molar-refractivity contribution >= 4 is 0 Å². The van der Waals surface area contributed by atoms with Gasteiger partial charge in [0.2, 0.25) is 0 Å². The molecule has 1 aromatic carbocycles. The molecular weight excluding hydrogens is 250 g/mol. The summed E-state index contributed by atoms with van der Waals surface area (Å²) in [7, 11) is 0. The molecule has 3 nitrogen and oxygen atoms in total. The molecule has 2 atom stereocenters. The number of hydrogen-bond acceptors (Lipinski definition) is 3. The van der Waals surface area contributed by atoms with E-state index in [-0.39, 0.29) is 6.10 Å². The molecule has 0 radical (unpaired) electrons. The summed E-state index contributed by atoms with van der Waals surface area (Å²) in [6.45, 7) is 6.11. The lowest BCUT2D eigenvalue weighted by atomic mass is 10.0. The van der Waals surface area contributed by atoms with E-state index in [1.807, 2.05) is 30.3 Å². The number of aliphatic hydroxyl groups excluding tert-OH is 1. The Morgan fingerprint density at radius 1 is 1.35 bits per heavy atom. The normalized spacial score (nSPS) is 21.8. The molecule has 1 aliphatic heterocycles. The quantitative estimate of drug-likeness (QED) is 0.831. The maximum absolute atomic E-state index is 10.2. The van der Waals surface area contributed by atoms with Crippen molar-refractivity contribution < 1.29 is 9.84 Å². The molecule has 2 unspecified atom stereocenters. The number of rotatable bonds is 7. The van der Waals surface area contributed by atoms with Crippen molar-refractivity contribution in [3.8, 4) is 0 Å². The van der Waals surface area contributed by atoms with Crippen molar-refractivity contribution in [2.45, 2.75) is 44.8 Å². The van der Waals surface area contributed by atoms with Crippen molar-refractivity contribution in [2.24, 2.45) is 0 Å².